The van der Waals surface area contributed by atoms with Crippen LogP contribution in [0, 0.1) is 23.7 Å². The van der Waals surface area contributed by atoms with Gasteiger partial charge in [-0.3, -0.25) is 0 Å². The molecular weight excluding hydrogens is 405 g/mol. The third kappa shape index (κ3) is 4.68. The Labute approximate surface area is 182 Å². The second-order valence-electron chi connectivity index (χ2n) is 7.81. The van der Waals surface area contributed by atoms with E-state index in [1.807, 2.05) is 0 Å². The molecule has 0 spiro atoms. The molecule has 0 saturated heterocycles. The van der Waals surface area contributed by atoms with Gasteiger partial charge in [-0.2, -0.15) is 4.99 Å². The maximum atomic E-state index is 6.20. The highest BCUT2D eigenvalue weighted by molar-refractivity contribution is 7.78. The summed E-state index contributed by atoms with van der Waals surface area (Å²) in [7, 11) is 0. The lowest BCUT2D eigenvalue weighted by Crippen LogP contribution is -2.14. The van der Waals surface area contributed by atoms with Gasteiger partial charge in [-0.15, -0.1) is 0 Å². The molecule has 4 rings (SSSR count). The fourth-order valence-corrected chi connectivity index (χ4v) is 4.93. The second-order valence-corrected chi connectivity index (χ2v) is 8.81. The first-order valence-corrected chi connectivity index (χ1v) is 11.0. The molecule has 0 aromatic heterocycles. The lowest BCUT2D eigenvalue weighted by molar-refractivity contribution is 0.296. The van der Waals surface area contributed by atoms with Crippen LogP contribution >= 0.6 is 35.4 Å². The molecular formula is C24H21Cl2NS. The van der Waals surface area contributed by atoms with Crippen LogP contribution < -0.4 is 0 Å². The number of halogens is 2. The van der Waals surface area contributed by atoms with Gasteiger partial charge in [-0.05, 0) is 98.3 Å². The Hall–Kier alpha value is -1.62. The van der Waals surface area contributed by atoms with Crippen molar-refractivity contribution in [3.05, 3.63) is 63.1 Å². The van der Waals surface area contributed by atoms with E-state index in [2.05, 4.69) is 58.5 Å². The molecule has 28 heavy (non-hydrogen) atoms. The Kier molecular flexibility index (Phi) is 6.19. The van der Waals surface area contributed by atoms with E-state index < -0.39 is 0 Å². The number of hydrogen-bond donors (Lipinski definition) is 0. The van der Waals surface area contributed by atoms with Crippen molar-refractivity contribution in [1.29, 1.82) is 0 Å². The molecule has 0 unspecified atom stereocenters. The van der Waals surface area contributed by atoms with E-state index in [0.29, 0.717) is 21.7 Å². The van der Waals surface area contributed by atoms with E-state index in [1.54, 1.807) is 12.1 Å². The monoisotopic (exact) mass is 425 g/mol. The normalized spacial score (nSPS) is 21.4. The third-order valence-electron chi connectivity index (χ3n) is 5.97. The smallest absolute Gasteiger partial charge is 0.111 e. The first kappa shape index (κ1) is 19.7. The van der Waals surface area contributed by atoms with E-state index in [1.165, 1.54) is 44.1 Å². The summed E-state index contributed by atoms with van der Waals surface area (Å²) < 4.78 is 0. The van der Waals surface area contributed by atoms with Gasteiger partial charge >= 0.3 is 0 Å². The largest absolute Gasteiger partial charge is 0.192 e. The van der Waals surface area contributed by atoms with Crippen molar-refractivity contribution in [1.82, 2.24) is 0 Å². The Morgan fingerprint density at radius 3 is 1.86 bits per heavy atom. The number of isothiocyanates is 1. The highest BCUT2D eigenvalue weighted by Gasteiger charge is 2.34. The molecule has 4 heteroatoms. The van der Waals surface area contributed by atoms with Crippen molar-refractivity contribution < 1.29 is 0 Å². The molecule has 0 heterocycles. The van der Waals surface area contributed by atoms with Gasteiger partial charge in [0.2, 0.25) is 0 Å². The predicted octanol–water partition coefficient (Wildman–Crippen LogP) is 7.81. The van der Waals surface area contributed by atoms with Crippen LogP contribution in [0.15, 0.2) is 41.4 Å². The zero-order chi connectivity index (χ0) is 19.5. The molecule has 2 fully saturated rings. The average molecular weight is 426 g/mol. The van der Waals surface area contributed by atoms with Crippen molar-refractivity contribution in [2.75, 3.05) is 0 Å². The third-order valence-corrected chi connectivity index (χ3v) is 6.64. The summed E-state index contributed by atoms with van der Waals surface area (Å²) in [5.74, 6) is 9.09. The van der Waals surface area contributed by atoms with Crippen LogP contribution in [-0.4, -0.2) is 5.16 Å². The maximum absolute atomic E-state index is 6.20. The van der Waals surface area contributed by atoms with Crippen LogP contribution in [-0.2, 0) is 0 Å². The highest BCUT2D eigenvalue weighted by Crippen LogP contribution is 2.47. The molecule has 0 radical (unpaired) electrons. The number of thiocarbonyl (C=S) groups is 1. The lowest BCUT2D eigenvalue weighted by atomic mass is 9.77. The number of nitrogens with zero attached hydrogens (tertiary/aromatic N) is 1. The number of hydrogen-bond acceptors (Lipinski definition) is 2. The summed E-state index contributed by atoms with van der Waals surface area (Å²) in [6.07, 6.45) is 8.42. The summed E-state index contributed by atoms with van der Waals surface area (Å²) in [5, 5.41) is 3.13. The van der Waals surface area contributed by atoms with Crippen LogP contribution in [0.1, 0.15) is 61.1 Å². The average Bonchev–Trinajstić information content (AvgIpc) is 3.55. The van der Waals surface area contributed by atoms with Gasteiger partial charge in [-0.25, -0.2) is 0 Å². The van der Waals surface area contributed by atoms with Gasteiger partial charge in [0.05, 0.1) is 15.2 Å². The molecule has 142 valence electrons. The van der Waals surface area contributed by atoms with Crippen molar-refractivity contribution >= 4 is 46.3 Å². The van der Waals surface area contributed by atoms with Crippen LogP contribution in [0.4, 0.5) is 5.69 Å². The van der Waals surface area contributed by atoms with Crippen molar-refractivity contribution in [3.63, 3.8) is 0 Å². The second kappa shape index (κ2) is 8.81. The minimum atomic E-state index is 0.422. The molecule has 0 atom stereocenters. The minimum Gasteiger partial charge on any atom is -0.192 e. The molecule has 2 aromatic rings. The standard InChI is InChI=1S/C24H21Cl2NS/c25-22-13-17(14-23(26)24(22)27-15-28)2-1-16-3-5-18(6-4-16)19-7-9-20(10-8-19)21-11-12-21/h3-6,13-14,19-21H,7-12H2. The fourth-order valence-electron chi connectivity index (χ4n) is 4.26. The highest BCUT2D eigenvalue weighted by atomic mass is 35.5. The Morgan fingerprint density at radius 2 is 1.32 bits per heavy atom. The molecule has 0 amide bonds. The van der Waals surface area contributed by atoms with Gasteiger partial charge in [-0.1, -0.05) is 47.2 Å². The number of aliphatic imine (C=N–C) groups is 1. The summed E-state index contributed by atoms with van der Waals surface area (Å²) in [6, 6.07) is 12.2. The Morgan fingerprint density at radius 1 is 0.786 bits per heavy atom. The van der Waals surface area contributed by atoms with Crippen molar-refractivity contribution in [2.24, 2.45) is 16.8 Å². The van der Waals surface area contributed by atoms with E-state index in [-0.39, 0.29) is 0 Å². The summed E-state index contributed by atoms with van der Waals surface area (Å²) >= 11 is 17.0. The van der Waals surface area contributed by atoms with Crippen molar-refractivity contribution in [3.8, 4) is 11.8 Å². The van der Waals surface area contributed by atoms with Crippen LogP contribution in [0.25, 0.3) is 0 Å². The topological polar surface area (TPSA) is 12.4 Å². The zero-order valence-electron chi connectivity index (χ0n) is 15.6. The van der Waals surface area contributed by atoms with E-state index >= 15 is 0 Å². The summed E-state index contributed by atoms with van der Waals surface area (Å²) in [4.78, 5) is 3.89. The van der Waals surface area contributed by atoms with Gasteiger partial charge in [0, 0.05) is 11.1 Å². The van der Waals surface area contributed by atoms with E-state index in [4.69, 9.17) is 23.2 Å². The lowest BCUT2D eigenvalue weighted by Gasteiger charge is -2.28. The zero-order valence-corrected chi connectivity index (χ0v) is 17.9. The minimum absolute atomic E-state index is 0.422. The fraction of sp³-hybridized carbons (Fsp3) is 0.375. The molecule has 0 aliphatic heterocycles. The molecule has 1 nitrogen and oxygen atoms in total. The molecule has 2 aliphatic rings. The maximum Gasteiger partial charge on any atom is 0.111 e. The van der Waals surface area contributed by atoms with Gasteiger partial charge in [0.1, 0.15) is 5.69 Å². The van der Waals surface area contributed by atoms with Crippen LogP contribution in [0.5, 0.6) is 0 Å². The molecule has 2 saturated carbocycles. The van der Waals surface area contributed by atoms with E-state index in [0.717, 1.165) is 23.0 Å². The quantitative estimate of drug-likeness (QED) is 0.277. The Balaban J connectivity index is 1.43. The van der Waals surface area contributed by atoms with Gasteiger partial charge in [0.15, 0.2) is 0 Å². The number of benzene rings is 2. The first-order chi connectivity index (χ1) is 13.6. The van der Waals surface area contributed by atoms with Crippen molar-refractivity contribution in [2.45, 2.75) is 44.4 Å². The predicted molar refractivity (Wildman–Crippen MR) is 121 cm³/mol. The summed E-state index contributed by atoms with van der Waals surface area (Å²) in [6.45, 7) is 0. The van der Waals surface area contributed by atoms with Crippen LogP contribution in [0.3, 0.4) is 0 Å². The Bertz CT molecular complexity index is 945. The summed E-state index contributed by atoms with van der Waals surface area (Å²) in [5.41, 5.74) is 3.63. The molecule has 2 aliphatic carbocycles. The molecule has 0 bridgehead atoms. The SMILES string of the molecule is S=C=Nc1c(Cl)cc(C#Cc2ccc(C3CCC(C4CC4)CC3)cc2)cc1Cl. The number of rotatable bonds is 3. The molecule has 2 aromatic carbocycles. The molecule has 0 N–H and O–H groups in total. The first-order valence-electron chi connectivity index (χ1n) is 9.83. The van der Waals surface area contributed by atoms with Gasteiger partial charge in [0.25, 0.3) is 0 Å². The van der Waals surface area contributed by atoms with Gasteiger partial charge < -0.3 is 0 Å². The van der Waals surface area contributed by atoms with E-state index in [9.17, 15) is 0 Å². The van der Waals surface area contributed by atoms with Crippen LogP contribution in [0.2, 0.25) is 10.0 Å².